The Morgan fingerprint density at radius 1 is 0.525 bits per heavy atom. The molecule has 2 saturated carbocycles. The molecule has 0 aromatic heterocycles. The third-order valence-electron chi connectivity index (χ3n) is 17.2. The van der Waals surface area contributed by atoms with Crippen molar-refractivity contribution in [2.24, 2.45) is 0 Å². The highest BCUT2D eigenvalue weighted by Gasteiger charge is 2.64. The fourth-order valence-corrected chi connectivity index (χ4v) is 15.9. The van der Waals surface area contributed by atoms with Gasteiger partial charge in [-0.15, -0.1) is 0 Å². The second-order valence-corrected chi connectivity index (χ2v) is 32.7. The van der Waals surface area contributed by atoms with Crippen LogP contribution in [0.1, 0.15) is 95.8 Å². The normalized spacial score (nSPS) is 27.2. The van der Waals surface area contributed by atoms with Crippen molar-refractivity contribution >= 4 is 89.4 Å². The molecule has 4 aliphatic heterocycles. The minimum Gasteiger partial charge on any atom is -0.335 e. The molecule has 302 valence electrons. The van der Waals surface area contributed by atoms with Crippen molar-refractivity contribution in [1.82, 2.24) is 0 Å². The maximum Gasteiger partial charge on any atom is 0.252 e. The van der Waals surface area contributed by atoms with Crippen LogP contribution in [0.15, 0.2) is 91.0 Å². The molecule has 0 radical (unpaired) electrons. The molecular weight excluding hydrogens is 746 g/mol. The average Bonchev–Trinajstić information content (AvgIpc) is 3.53. The van der Waals surface area contributed by atoms with Gasteiger partial charge in [0.15, 0.2) is 0 Å². The van der Waals surface area contributed by atoms with E-state index < -0.39 is 16.1 Å². The Hall–Kier alpha value is -4.00. The Labute approximate surface area is 357 Å². The summed E-state index contributed by atoms with van der Waals surface area (Å²) in [4.78, 5) is 8.53. The fourth-order valence-electron chi connectivity index (χ4n) is 13.6. The molecule has 2 fully saturated rings. The van der Waals surface area contributed by atoms with Gasteiger partial charge in [-0.2, -0.15) is 0 Å². The van der Waals surface area contributed by atoms with Gasteiger partial charge in [0.2, 0.25) is 0 Å². The Morgan fingerprint density at radius 2 is 1.02 bits per heavy atom. The maximum absolute atomic E-state index is 2.94. The van der Waals surface area contributed by atoms with Crippen LogP contribution in [0, 0.1) is 6.92 Å². The van der Waals surface area contributed by atoms with Crippen molar-refractivity contribution in [3.05, 3.63) is 108 Å². The number of fused-ring (bicyclic) bond motifs is 10. The van der Waals surface area contributed by atoms with Gasteiger partial charge in [-0.3, -0.25) is 0 Å². The summed E-state index contributed by atoms with van der Waals surface area (Å²) in [7, 11) is -3.22. The number of rotatable bonds is 5. The summed E-state index contributed by atoms with van der Waals surface area (Å²) in [5.74, 6) is 0. The van der Waals surface area contributed by atoms with E-state index in [0.717, 1.165) is 0 Å². The van der Waals surface area contributed by atoms with Crippen LogP contribution in [0.2, 0.25) is 39.3 Å². The van der Waals surface area contributed by atoms with E-state index in [4.69, 9.17) is 0 Å². The van der Waals surface area contributed by atoms with Crippen molar-refractivity contribution in [1.29, 1.82) is 0 Å². The highest BCUT2D eigenvalue weighted by molar-refractivity contribution is 7.00. The monoisotopic (exact) mass is 809 g/mol. The van der Waals surface area contributed by atoms with Gasteiger partial charge >= 0.3 is 0 Å². The Balaban J connectivity index is 1.27. The number of hydrogen-bond donors (Lipinski definition) is 0. The molecule has 4 heterocycles. The van der Waals surface area contributed by atoms with Gasteiger partial charge in [0, 0.05) is 45.0 Å². The number of nitrogens with zero attached hydrogens (tertiary/aromatic N) is 3. The van der Waals surface area contributed by atoms with Gasteiger partial charge in [0.1, 0.15) is 0 Å². The molecule has 6 heteroatoms. The van der Waals surface area contributed by atoms with E-state index in [1.165, 1.54) is 113 Å². The van der Waals surface area contributed by atoms with Crippen LogP contribution in [-0.2, 0) is 10.8 Å². The summed E-state index contributed by atoms with van der Waals surface area (Å²) in [6.45, 7) is 28.0. The highest BCUT2D eigenvalue weighted by Crippen LogP contribution is 2.65. The van der Waals surface area contributed by atoms with E-state index in [2.05, 4.69) is 180 Å². The van der Waals surface area contributed by atoms with E-state index >= 15 is 0 Å². The Bertz CT molecular complexity index is 2550. The molecule has 5 aromatic carbocycles. The first-order valence-electron chi connectivity index (χ1n) is 23.0. The van der Waals surface area contributed by atoms with E-state index in [-0.39, 0.29) is 28.6 Å². The van der Waals surface area contributed by atoms with Crippen LogP contribution in [0.25, 0.3) is 0 Å². The van der Waals surface area contributed by atoms with Gasteiger partial charge in [-0.1, -0.05) is 149 Å². The standard InChI is InChI=1S/C53H64BN3Si2/c1-35-29-42-49-44(30-35)54-43-24-18-23-41-48(43)56(52(4)27-14-12-25-50(41,52)2)45-33-38(34-46(47(45)54)57(49)53(5)28-15-13-26-51(42,53)3)55(36-19-16-21-39(31-36)58(6,7)8)37-20-17-22-40(32-37)59(9,10)11/h16-24,29-34H,12-15,25-28H2,1-11H3. The van der Waals surface area contributed by atoms with E-state index in [0.29, 0.717) is 0 Å². The van der Waals surface area contributed by atoms with Gasteiger partial charge in [0.25, 0.3) is 6.71 Å². The van der Waals surface area contributed by atoms with Gasteiger partial charge in [0.05, 0.1) is 32.9 Å². The van der Waals surface area contributed by atoms with Crippen LogP contribution in [0.3, 0.4) is 0 Å². The first kappa shape index (κ1) is 38.0. The molecule has 0 N–H and O–H groups in total. The van der Waals surface area contributed by atoms with Gasteiger partial charge in [-0.05, 0) is 110 Å². The van der Waals surface area contributed by atoms with Crippen LogP contribution in [0.5, 0.6) is 0 Å². The second kappa shape index (κ2) is 12.1. The zero-order valence-electron chi connectivity index (χ0n) is 37.7. The number of anilines is 7. The van der Waals surface area contributed by atoms with Crippen molar-refractivity contribution in [2.45, 2.75) is 147 Å². The molecule has 0 saturated heterocycles. The molecule has 0 bridgehead atoms. The molecule has 6 aliphatic rings. The minimum atomic E-state index is -1.61. The largest absolute Gasteiger partial charge is 0.335 e. The third-order valence-corrected chi connectivity index (χ3v) is 21.3. The fraction of sp³-hybridized carbons (Fsp3) is 0.434. The Kier molecular flexibility index (Phi) is 7.78. The molecule has 4 atom stereocenters. The SMILES string of the molecule is Cc1cc2c3c(c1)C1(C)CCCCC1(C)N3c1cc(N(c3cccc([Si](C)(C)C)c3)c3cccc([Si](C)(C)C)c3)cc3c1B2c1cccc2c1N3C1(C)CCCCC21C. The smallest absolute Gasteiger partial charge is 0.252 e. The molecule has 59 heavy (non-hydrogen) atoms. The van der Waals surface area contributed by atoms with Crippen LogP contribution in [-0.4, -0.2) is 33.9 Å². The molecular formula is C53H64BN3Si2. The summed E-state index contributed by atoms with van der Waals surface area (Å²) in [5, 5.41) is 3.01. The maximum atomic E-state index is 2.94. The minimum absolute atomic E-state index is 0.0202. The molecule has 2 aliphatic carbocycles. The summed E-state index contributed by atoms with van der Waals surface area (Å²) in [6.07, 6.45) is 10.1. The van der Waals surface area contributed by atoms with Crippen molar-refractivity contribution in [3.63, 3.8) is 0 Å². The lowest BCUT2D eigenvalue weighted by Crippen LogP contribution is -2.66. The Morgan fingerprint density at radius 3 is 1.56 bits per heavy atom. The van der Waals surface area contributed by atoms with Crippen molar-refractivity contribution < 1.29 is 0 Å². The van der Waals surface area contributed by atoms with Gasteiger partial charge in [-0.25, -0.2) is 0 Å². The zero-order chi connectivity index (χ0) is 41.2. The summed E-state index contributed by atoms with van der Waals surface area (Å²) in [5.41, 5.74) is 19.1. The molecule has 4 unspecified atom stereocenters. The molecule has 0 amide bonds. The predicted octanol–water partition coefficient (Wildman–Crippen LogP) is 11.2. The summed E-state index contributed by atoms with van der Waals surface area (Å²) < 4.78 is 0. The first-order chi connectivity index (χ1) is 27.9. The van der Waals surface area contributed by atoms with Crippen molar-refractivity contribution in [3.8, 4) is 0 Å². The number of aryl methyl sites for hydroxylation is 1. The summed E-state index contributed by atoms with van der Waals surface area (Å²) in [6, 6.07) is 37.2. The number of para-hydroxylation sites is 1. The van der Waals surface area contributed by atoms with Gasteiger partial charge < -0.3 is 14.7 Å². The summed E-state index contributed by atoms with van der Waals surface area (Å²) >= 11 is 0. The quantitative estimate of drug-likeness (QED) is 0.164. The molecule has 5 aromatic rings. The molecule has 0 spiro atoms. The van der Waals surface area contributed by atoms with E-state index in [9.17, 15) is 0 Å². The highest BCUT2D eigenvalue weighted by atomic mass is 28.3. The van der Waals surface area contributed by atoms with Crippen LogP contribution < -0.4 is 41.5 Å². The van der Waals surface area contributed by atoms with Crippen LogP contribution >= 0.6 is 0 Å². The number of hydrogen-bond acceptors (Lipinski definition) is 3. The van der Waals surface area contributed by atoms with E-state index in [1.807, 2.05) is 0 Å². The number of benzene rings is 5. The molecule has 3 nitrogen and oxygen atoms in total. The zero-order valence-corrected chi connectivity index (χ0v) is 39.7. The third kappa shape index (κ3) is 4.82. The lowest BCUT2D eigenvalue weighted by atomic mass is 9.33. The second-order valence-electron chi connectivity index (χ2n) is 22.6. The first-order valence-corrected chi connectivity index (χ1v) is 30.0. The molecule has 11 rings (SSSR count). The topological polar surface area (TPSA) is 9.72 Å². The van der Waals surface area contributed by atoms with Crippen molar-refractivity contribution in [2.75, 3.05) is 14.7 Å². The lowest BCUT2D eigenvalue weighted by Gasteiger charge is -2.55. The predicted molar refractivity (Wildman–Crippen MR) is 262 cm³/mol. The van der Waals surface area contributed by atoms with E-state index in [1.54, 1.807) is 22.1 Å². The average molecular weight is 810 g/mol. The van der Waals surface area contributed by atoms with Crippen LogP contribution in [0.4, 0.5) is 39.8 Å². The lowest BCUT2D eigenvalue weighted by molar-refractivity contribution is 0.194.